The molecule has 24 heavy (non-hydrogen) atoms. The molecule has 0 fully saturated rings. The predicted molar refractivity (Wildman–Crippen MR) is 89.9 cm³/mol. The molecule has 0 aliphatic rings. The lowest BCUT2D eigenvalue weighted by molar-refractivity contribution is 0.170. The molecule has 138 valence electrons. The van der Waals surface area contributed by atoms with E-state index in [0.29, 0.717) is 19.6 Å². The first-order valence-electron chi connectivity index (χ1n) is 7.12. The van der Waals surface area contributed by atoms with E-state index >= 15 is 0 Å². The van der Waals surface area contributed by atoms with Gasteiger partial charge in [-0.25, -0.2) is 9.13 Å². The van der Waals surface area contributed by atoms with Gasteiger partial charge in [0.25, 0.3) is 0 Å². The molecule has 0 saturated carbocycles. The van der Waals surface area contributed by atoms with Crippen LogP contribution in [0.2, 0.25) is 0 Å². The third kappa shape index (κ3) is 14.8. The van der Waals surface area contributed by atoms with Gasteiger partial charge in [0.05, 0.1) is 13.2 Å². The van der Waals surface area contributed by atoms with Crippen molar-refractivity contribution in [1.29, 1.82) is 0 Å². The van der Waals surface area contributed by atoms with Gasteiger partial charge in [-0.3, -0.25) is 4.52 Å². The molecule has 0 saturated heterocycles. The number of hydrogen-bond acceptors (Lipinski definition) is 5. The molecular formula is C14H24O8P2. The normalized spacial score (nSPS) is 15.8. The monoisotopic (exact) mass is 382 g/mol. The number of terminal acetylenes is 1. The van der Waals surface area contributed by atoms with Crippen molar-refractivity contribution in [3.05, 3.63) is 23.3 Å². The Bertz CT molecular complexity index is 570. The number of ether oxygens (including phenoxy) is 1. The first kappa shape index (κ1) is 23.3. The first-order chi connectivity index (χ1) is 11.1. The van der Waals surface area contributed by atoms with E-state index < -0.39 is 15.6 Å². The molecule has 0 aliphatic carbocycles. The molecule has 10 heteroatoms. The van der Waals surface area contributed by atoms with Crippen LogP contribution in [0.25, 0.3) is 0 Å². The molecule has 0 bridgehead atoms. The SMILES string of the molecule is C#CCOCC/C(C)=C/CC/C(C)=C/COP(=O)(O)OP(=O)(O)O. The maximum atomic E-state index is 11.2. The van der Waals surface area contributed by atoms with Crippen molar-refractivity contribution < 1.29 is 37.4 Å². The average Bonchev–Trinajstić information content (AvgIpc) is 2.40. The fourth-order valence-electron chi connectivity index (χ4n) is 1.55. The van der Waals surface area contributed by atoms with E-state index in [0.717, 1.165) is 18.4 Å². The number of hydrogen-bond donors (Lipinski definition) is 3. The summed E-state index contributed by atoms with van der Waals surface area (Å²) in [6, 6.07) is 0. The zero-order chi connectivity index (χ0) is 18.6. The lowest BCUT2D eigenvalue weighted by Gasteiger charge is -2.11. The molecule has 1 unspecified atom stereocenters. The average molecular weight is 382 g/mol. The molecule has 0 aromatic carbocycles. The number of phosphoric acid groups is 2. The summed E-state index contributed by atoms with van der Waals surface area (Å²) in [6.07, 6.45) is 11.0. The van der Waals surface area contributed by atoms with Crippen LogP contribution in [0, 0.1) is 12.3 Å². The molecule has 1 atom stereocenters. The van der Waals surface area contributed by atoms with Crippen LogP contribution in [0.15, 0.2) is 23.3 Å². The predicted octanol–water partition coefficient (Wildman–Crippen LogP) is 2.93. The fourth-order valence-corrected chi connectivity index (χ4v) is 3.07. The Labute approximate surface area is 142 Å². The highest BCUT2D eigenvalue weighted by Gasteiger charge is 2.31. The summed E-state index contributed by atoms with van der Waals surface area (Å²) in [5, 5.41) is 0. The molecule has 0 radical (unpaired) electrons. The second-order valence-corrected chi connectivity index (χ2v) is 7.81. The number of phosphoric ester groups is 1. The van der Waals surface area contributed by atoms with Gasteiger partial charge in [-0.2, -0.15) is 4.31 Å². The molecule has 0 amide bonds. The smallest absolute Gasteiger partial charge is 0.368 e. The molecule has 0 spiro atoms. The molecular weight excluding hydrogens is 358 g/mol. The van der Waals surface area contributed by atoms with Gasteiger partial charge in [0.1, 0.15) is 6.61 Å². The summed E-state index contributed by atoms with van der Waals surface area (Å²) in [7, 11) is -9.86. The Balaban J connectivity index is 4.09. The van der Waals surface area contributed by atoms with Crippen LogP contribution >= 0.6 is 15.6 Å². The van der Waals surface area contributed by atoms with E-state index in [1.54, 1.807) is 6.08 Å². The summed E-state index contributed by atoms with van der Waals surface area (Å²) >= 11 is 0. The maximum Gasteiger partial charge on any atom is 0.481 e. The standard InChI is InChI=1S/C14H24O8P2/c1-4-10-20-11-8-13(2)6-5-7-14(3)9-12-21-24(18,19)22-23(15,16)17/h1,6,9H,5,7-8,10-12H2,2-3H3,(H,18,19)(H2,15,16,17)/b13-6+,14-9+. The van der Waals surface area contributed by atoms with Crippen molar-refractivity contribution in [2.75, 3.05) is 19.8 Å². The van der Waals surface area contributed by atoms with Crippen LogP contribution in [0.3, 0.4) is 0 Å². The van der Waals surface area contributed by atoms with Crippen LogP contribution in [-0.2, 0) is 22.7 Å². The van der Waals surface area contributed by atoms with E-state index in [1.165, 1.54) is 5.57 Å². The van der Waals surface area contributed by atoms with Crippen LogP contribution in [0.4, 0.5) is 0 Å². The third-order valence-electron chi connectivity index (χ3n) is 2.74. The summed E-state index contributed by atoms with van der Waals surface area (Å²) < 4.78 is 35.0. The Morgan fingerprint density at radius 2 is 1.75 bits per heavy atom. The molecule has 8 nitrogen and oxygen atoms in total. The second kappa shape index (κ2) is 11.8. The van der Waals surface area contributed by atoms with Gasteiger partial charge in [-0.15, -0.1) is 6.42 Å². The summed E-state index contributed by atoms with van der Waals surface area (Å²) in [6.45, 7) is 4.38. The highest BCUT2D eigenvalue weighted by Crippen LogP contribution is 2.57. The largest absolute Gasteiger partial charge is 0.481 e. The van der Waals surface area contributed by atoms with E-state index in [1.807, 2.05) is 13.8 Å². The van der Waals surface area contributed by atoms with E-state index in [-0.39, 0.29) is 6.61 Å². The maximum absolute atomic E-state index is 11.2. The van der Waals surface area contributed by atoms with Gasteiger partial charge in [-0.1, -0.05) is 29.2 Å². The quantitative estimate of drug-likeness (QED) is 0.204. The Morgan fingerprint density at radius 1 is 1.12 bits per heavy atom. The minimum atomic E-state index is -5.08. The minimum Gasteiger partial charge on any atom is -0.368 e. The van der Waals surface area contributed by atoms with Crippen LogP contribution in [-0.4, -0.2) is 34.5 Å². The first-order valence-corrected chi connectivity index (χ1v) is 10.1. The van der Waals surface area contributed by atoms with Gasteiger partial charge in [0.15, 0.2) is 0 Å². The van der Waals surface area contributed by atoms with Crippen molar-refractivity contribution in [3.8, 4) is 12.3 Å². The number of allylic oxidation sites excluding steroid dienone is 2. The minimum absolute atomic E-state index is 0.289. The Hall–Kier alpha value is -0.740. The van der Waals surface area contributed by atoms with Crippen molar-refractivity contribution >= 4 is 15.6 Å². The zero-order valence-electron chi connectivity index (χ0n) is 13.8. The molecule has 0 rings (SSSR count). The number of rotatable bonds is 12. The van der Waals surface area contributed by atoms with Crippen LogP contribution in [0.5, 0.6) is 0 Å². The Kier molecular flexibility index (Phi) is 11.4. The topological polar surface area (TPSA) is 123 Å². The lowest BCUT2D eigenvalue weighted by atomic mass is 10.1. The van der Waals surface area contributed by atoms with Crippen LogP contribution < -0.4 is 0 Å². The summed E-state index contributed by atoms with van der Waals surface area (Å²) in [5.41, 5.74) is 2.07. The highest BCUT2D eigenvalue weighted by molar-refractivity contribution is 7.60. The molecule has 0 heterocycles. The summed E-state index contributed by atoms with van der Waals surface area (Å²) in [5.74, 6) is 2.39. The van der Waals surface area contributed by atoms with Gasteiger partial charge in [-0.05, 0) is 33.1 Å². The van der Waals surface area contributed by atoms with Gasteiger partial charge in [0, 0.05) is 0 Å². The van der Waals surface area contributed by atoms with E-state index in [2.05, 4.69) is 20.8 Å². The van der Waals surface area contributed by atoms with Crippen molar-refractivity contribution in [3.63, 3.8) is 0 Å². The van der Waals surface area contributed by atoms with Gasteiger partial charge in [0.2, 0.25) is 0 Å². The molecule has 0 aromatic heterocycles. The molecule has 0 aliphatic heterocycles. The fraction of sp³-hybridized carbons (Fsp3) is 0.571. The van der Waals surface area contributed by atoms with E-state index in [9.17, 15) is 9.13 Å². The van der Waals surface area contributed by atoms with E-state index in [4.69, 9.17) is 25.8 Å². The van der Waals surface area contributed by atoms with Crippen LogP contribution in [0.1, 0.15) is 33.1 Å². The molecule has 3 N–H and O–H groups in total. The Morgan fingerprint density at radius 3 is 2.33 bits per heavy atom. The van der Waals surface area contributed by atoms with Gasteiger partial charge >= 0.3 is 15.6 Å². The van der Waals surface area contributed by atoms with Gasteiger partial charge < -0.3 is 19.4 Å². The highest BCUT2D eigenvalue weighted by atomic mass is 31.3. The second-order valence-electron chi connectivity index (χ2n) is 4.98. The third-order valence-corrected chi connectivity index (χ3v) is 4.89. The summed E-state index contributed by atoms with van der Waals surface area (Å²) in [4.78, 5) is 26.0. The lowest BCUT2D eigenvalue weighted by Crippen LogP contribution is -1.95. The van der Waals surface area contributed by atoms with Crippen molar-refractivity contribution in [2.45, 2.75) is 33.1 Å². The molecule has 0 aromatic rings. The van der Waals surface area contributed by atoms with Crippen molar-refractivity contribution in [1.82, 2.24) is 0 Å². The van der Waals surface area contributed by atoms with Crippen molar-refractivity contribution in [2.24, 2.45) is 0 Å². The zero-order valence-corrected chi connectivity index (χ0v) is 15.5.